The molecule has 6 nitrogen and oxygen atoms in total. The summed E-state index contributed by atoms with van der Waals surface area (Å²) < 4.78 is 1.74. The molecule has 2 aromatic heterocycles. The number of hydrogen-bond donors (Lipinski definition) is 0. The lowest BCUT2D eigenvalue weighted by Gasteiger charge is -2.36. The molecule has 0 radical (unpaired) electrons. The number of hydrogen-bond acceptors (Lipinski definition) is 4. The lowest BCUT2D eigenvalue weighted by Crippen LogP contribution is -2.49. The number of anilines is 1. The summed E-state index contributed by atoms with van der Waals surface area (Å²) in [6, 6.07) is 17.9. The molecular formula is C24H22ClN5O. The third kappa shape index (κ3) is 3.64. The zero-order valence-electron chi connectivity index (χ0n) is 17.2. The predicted molar refractivity (Wildman–Crippen MR) is 123 cm³/mol. The molecule has 31 heavy (non-hydrogen) atoms. The molecule has 0 aliphatic carbocycles. The molecule has 1 amide bonds. The van der Waals surface area contributed by atoms with E-state index in [9.17, 15) is 4.79 Å². The molecule has 0 unspecified atom stereocenters. The van der Waals surface area contributed by atoms with Crippen LogP contribution in [0.4, 0.5) is 5.69 Å². The van der Waals surface area contributed by atoms with Crippen LogP contribution in [0, 0.1) is 6.92 Å². The van der Waals surface area contributed by atoms with Crippen LogP contribution >= 0.6 is 11.6 Å². The van der Waals surface area contributed by atoms with Crippen molar-refractivity contribution in [3.05, 3.63) is 83.3 Å². The maximum absolute atomic E-state index is 13.2. The average molecular weight is 432 g/mol. The van der Waals surface area contributed by atoms with E-state index in [1.807, 2.05) is 54.3 Å². The Morgan fingerprint density at radius 1 is 0.968 bits per heavy atom. The van der Waals surface area contributed by atoms with Gasteiger partial charge in [-0.2, -0.15) is 5.10 Å². The molecule has 1 fully saturated rings. The fourth-order valence-electron chi connectivity index (χ4n) is 4.09. The van der Waals surface area contributed by atoms with Gasteiger partial charge in [0.25, 0.3) is 5.91 Å². The maximum atomic E-state index is 13.2. The highest BCUT2D eigenvalue weighted by Crippen LogP contribution is 2.27. The number of benzene rings is 2. The fraction of sp³-hybridized carbons (Fsp3) is 0.208. The summed E-state index contributed by atoms with van der Waals surface area (Å²) in [5, 5.41) is 5.16. The minimum Gasteiger partial charge on any atom is -0.368 e. The molecule has 0 saturated carbocycles. The van der Waals surface area contributed by atoms with Crippen molar-refractivity contribution in [2.24, 2.45) is 0 Å². The molecule has 0 spiro atoms. The van der Waals surface area contributed by atoms with E-state index in [1.54, 1.807) is 16.9 Å². The zero-order chi connectivity index (χ0) is 21.4. The molecule has 1 aliphatic rings. The van der Waals surface area contributed by atoms with Crippen molar-refractivity contribution >= 4 is 28.8 Å². The van der Waals surface area contributed by atoms with E-state index in [0.717, 1.165) is 29.9 Å². The summed E-state index contributed by atoms with van der Waals surface area (Å²) in [6.45, 7) is 4.89. The number of rotatable bonds is 3. The Morgan fingerprint density at radius 3 is 2.48 bits per heavy atom. The van der Waals surface area contributed by atoms with Gasteiger partial charge >= 0.3 is 0 Å². The van der Waals surface area contributed by atoms with Crippen LogP contribution in [0.25, 0.3) is 16.8 Å². The average Bonchev–Trinajstić information content (AvgIpc) is 3.25. The van der Waals surface area contributed by atoms with E-state index in [2.05, 4.69) is 27.1 Å². The van der Waals surface area contributed by atoms with Crippen LogP contribution in [0.1, 0.15) is 16.1 Å². The molecule has 1 saturated heterocycles. The van der Waals surface area contributed by atoms with Crippen molar-refractivity contribution in [2.45, 2.75) is 6.92 Å². The van der Waals surface area contributed by atoms with Crippen LogP contribution < -0.4 is 4.90 Å². The Bertz CT molecular complexity index is 1250. The second-order valence-corrected chi connectivity index (χ2v) is 8.11. The Morgan fingerprint density at radius 2 is 1.74 bits per heavy atom. The fourth-order valence-corrected chi connectivity index (χ4v) is 4.28. The van der Waals surface area contributed by atoms with E-state index in [4.69, 9.17) is 11.6 Å². The van der Waals surface area contributed by atoms with Crippen LogP contribution in [0.5, 0.6) is 0 Å². The number of carbonyl (C=O) groups excluding carboxylic acids is 1. The number of fused-ring (bicyclic) bond motifs is 1. The van der Waals surface area contributed by atoms with Gasteiger partial charge in [0.05, 0.1) is 17.5 Å². The Labute approximate surface area is 185 Å². The monoisotopic (exact) mass is 431 g/mol. The van der Waals surface area contributed by atoms with E-state index in [1.165, 1.54) is 5.69 Å². The minimum atomic E-state index is -0.000540. The minimum absolute atomic E-state index is 0.000540. The van der Waals surface area contributed by atoms with Gasteiger partial charge in [0.15, 0.2) is 5.65 Å². The van der Waals surface area contributed by atoms with Gasteiger partial charge in [-0.15, -0.1) is 0 Å². The molecule has 0 N–H and O–H groups in total. The summed E-state index contributed by atoms with van der Waals surface area (Å²) in [5.74, 6) is -0.000540. The van der Waals surface area contributed by atoms with Crippen molar-refractivity contribution < 1.29 is 4.79 Å². The normalized spacial score (nSPS) is 14.3. The summed E-state index contributed by atoms with van der Waals surface area (Å²) in [6.07, 6.45) is 3.44. The lowest BCUT2D eigenvalue weighted by molar-refractivity contribution is 0.0745. The quantitative estimate of drug-likeness (QED) is 0.484. The predicted octanol–water partition coefficient (Wildman–Crippen LogP) is 4.32. The van der Waals surface area contributed by atoms with Gasteiger partial charge in [0, 0.05) is 48.6 Å². The molecule has 1 aliphatic heterocycles. The number of carbonyl (C=O) groups is 1. The molecule has 5 rings (SSSR count). The van der Waals surface area contributed by atoms with Crippen molar-refractivity contribution in [2.75, 3.05) is 31.1 Å². The van der Waals surface area contributed by atoms with Crippen LogP contribution in [0.3, 0.4) is 0 Å². The van der Waals surface area contributed by atoms with Crippen LogP contribution in [0.2, 0.25) is 5.02 Å². The summed E-state index contributed by atoms with van der Waals surface area (Å²) in [4.78, 5) is 22.0. The molecule has 3 heterocycles. The van der Waals surface area contributed by atoms with Crippen molar-refractivity contribution in [3.63, 3.8) is 0 Å². The highest BCUT2D eigenvalue weighted by molar-refractivity contribution is 6.30. The highest BCUT2D eigenvalue weighted by atomic mass is 35.5. The zero-order valence-corrected chi connectivity index (χ0v) is 18.0. The van der Waals surface area contributed by atoms with Gasteiger partial charge in [-0.25, -0.2) is 9.50 Å². The Hall–Kier alpha value is -3.38. The second kappa shape index (κ2) is 8.04. The summed E-state index contributed by atoms with van der Waals surface area (Å²) in [7, 11) is 0. The Balaban J connectivity index is 1.38. The van der Waals surface area contributed by atoms with Crippen molar-refractivity contribution in [1.82, 2.24) is 19.5 Å². The Kier molecular flexibility index (Phi) is 5.08. The smallest absolute Gasteiger partial charge is 0.257 e. The number of piperazine rings is 1. The van der Waals surface area contributed by atoms with E-state index < -0.39 is 0 Å². The topological polar surface area (TPSA) is 53.7 Å². The summed E-state index contributed by atoms with van der Waals surface area (Å²) >= 11 is 6.15. The first-order chi connectivity index (χ1) is 15.1. The number of aryl methyl sites for hydroxylation is 1. The van der Waals surface area contributed by atoms with E-state index in [-0.39, 0.29) is 5.91 Å². The molecule has 7 heteroatoms. The number of amides is 1. The third-order valence-electron chi connectivity index (χ3n) is 5.82. The van der Waals surface area contributed by atoms with Crippen molar-refractivity contribution in [3.8, 4) is 11.1 Å². The molecule has 0 bridgehead atoms. The number of para-hydroxylation sites is 1. The van der Waals surface area contributed by atoms with Crippen molar-refractivity contribution in [1.29, 1.82) is 0 Å². The molecule has 0 atom stereocenters. The molecule has 156 valence electrons. The van der Waals surface area contributed by atoms with Gasteiger partial charge in [-0.1, -0.05) is 41.9 Å². The van der Waals surface area contributed by atoms with Gasteiger partial charge < -0.3 is 9.80 Å². The highest BCUT2D eigenvalue weighted by Gasteiger charge is 2.25. The number of aromatic nitrogens is 3. The largest absolute Gasteiger partial charge is 0.368 e. The van der Waals surface area contributed by atoms with Crippen LogP contribution in [0.15, 0.2) is 67.0 Å². The maximum Gasteiger partial charge on any atom is 0.257 e. The standard InChI is InChI=1S/C24H22ClN5O/c1-17-21(24(31)29-12-10-28(11-13-29)20-8-3-2-4-9-20)15-26-23-22(16-27-30(17)23)18-6-5-7-19(25)14-18/h2-9,14-16H,10-13H2,1H3. The molecule has 2 aromatic carbocycles. The second-order valence-electron chi connectivity index (χ2n) is 7.68. The van der Waals surface area contributed by atoms with E-state index >= 15 is 0 Å². The first kappa shape index (κ1) is 19.6. The molecular weight excluding hydrogens is 410 g/mol. The SMILES string of the molecule is Cc1c(C(=O)N2CCN(c3ccccc3)CC2)cnc2c(-c3cccc(Cl)c3)cnn12. The van der Waals surface area contributed by atoms with Crippen LogP contribution in [-0.2, 0) is 0 Å². The third-order valence-corrected chi connectivity index (χ3v) is 6.06. The van der Waals surface area contributed by atoms with Gasteiger partial charge in [0.2, 0.25) is 0 Å². The van der Waals surface area contributed by atoms with Gasteiger partial charge in [-0.05, 0) is 36.8 Å². The first-order valence-corrected chi connectivity index (χ1v) is 10.7. The number of nitrogens with zero attached hydrogens (tertiary/aromatic N) is 5. The summed E-state index contributed by atoms with van der Waals surface area (Å²) in [5.41, 5.74) is 5.12. The first-order valence-electron chi connectivity index (χ1n) is 10.3. The lowest BCUT2D eigenvalue weighted by atomic mass is 10.1. The van der Waals surface area contributed by atoms with Gasteiger partial charge in [0.1, 0.15) is 0 Å². The molecule has 4 aromatic rings. The van der Waals surface area contributed by atoms with Gasteiger partial charge in [-0.3, -0.25) is 4.79 Å². The number of halogens is 1. The van der Waals surface area contributed by atoms with Crippen LogP contribution in [-0.4, -0.2) is 51.6 Å². The van der Waals surface area contributed by atoms with E-state index in [0.29, 0.717) is 29.3 Å².